The van der Waals surface area contributed by atoms with Gasteiger partial charge in [0.2, 0.25) is 11.8 Å². The van der Waals surface area contributed by atoms with E-state index in [1.54, 1.807) is 22.0 Å². The average molecular weight is 1090 g/mol. The molecule has 73 heavy (non-hydrogen) atoms. The van der Waals surface area contributed by atoms with Crippen LogP contribution in [0.25, 0.3) is 34.4 Å². The van der Waals surface area contributed by atoms with Gasteiger partial charge in [-0.2, -0.15) is 0 Å². The Morgan fingerprint density at radius 3 is 1.23 bits per heavy atom. The molecule has 0 radical (unpaired) electrons. The van der Waals surface area contributed by atoms with Gasteiger partial charge in [-0.25, -0.2) is 0 Å². The first-order chi connectivity index (χ1) is 35.2. The summed E-state index contributed by atoms with van der Waals surface area (Å²) in [5.74, 6) is -2.74. The molecule has 4 aliphatic rings. The van der Waals surface area contributed by atoms with E-state index in [1.807, 2.05) is 60.7 Å². The van der Waals surface area contributed by atoms with E-state index in [2.05, 4.69) is 19.6 Å². The molecule has 388 valence electrons. The number of halogens is 4. The zero-order valence-corrected chi connectivity index (χ0v) is 44.2. The molecule has 0 saturated carbocycles. The van der Waals surface area contributed by atoms with Gasteiger partial charge >= 0.3 is 11.9 Å². The van der Waals surface area contributed by atoms with Crippen LogP contribution in [0, 0.1) is 11.8 Å². The summed E-state index contributed by atoms with van der Waals surface area (Å²) in [4.78, 5) is 64.1. The summed E-state index contributed by atoms with van der Waals surface area (Å²) < 4.78 is 0. The number of nitrogens with zero attached hydrogens (tertiary/aromatic N) is 6. The number of carboxylic acid groups (broad SMARTS) is 2. The molecule has 4 aromatic carbocycles. The Bertz CT molecular complexity index is 2550. The van der Waals surface area contributed by atoms with Crippen LogP contribution in [0.4, 0.5) is 11.4 Å². The fourth-order valence-corrected chi connectivity index (χ4v) is 12.2. The third-order valence-electron chi connectivity index (χ3n) is 14.4. The number of aliphatic hydroxyl groups is 2. The number of hydrogen-bond acceptors (Lipinski definition) is 11. The van der Waals surface area contributed by atoms with Crippen molar-refractivity contribution >= 4 is 105 Å². The number of benzene rings is 4. The molecule has 0 spiro atoms. The van der Waals surface area contributed by atoms with Gasteiger partial charge in [-0.05, 0) is 96.5 Å². The molecular formula is C54H60Cl4N6O8S. The van der Waals surface area contributed by atoms with Gasteiger partial charge in [-0.1, -0.05) is 82.4 Å². The Morgan fingerprint density at radius 2 is 0.890 bits per heavy atom. The molecule has 4 fully saturated rings. The van der Waals surface area contributed by atoms with Crippen LogP contribution in [0.3, 0.4) is 0 Å². The highest BCUT2D eigenvalue weighted by molar-refractivity contribution is 7.99. The minimum absolute atomic E-state index is 0.0510. The Balaban J connectivity index is 1.17. The molecular weight excluding hydrogens is 1030 g/mol. The Morgan fingerprint density at radius 1 is 0.521 bits per heavy atom. The smallest absolute Gasteiger partial charge is 0.306 e. The van der Waals surface area contributed by atoms with Crippen molar-refractivity contribution in [1.29, 1.82) is 0 Å². The summed E-state index contributed by atoms with van der Waals surface area (Å²) in [7, 11) is 0. The number of hydrogen-bond donors (Lipinski definition) is 4. The standard InChI is InChI=1S/C54H60Cl4N6O8S/c55-49-41(7-9-47(67)63-23-19-59(20-24-63)27-29-65)43(37-3-1-5-39(31-37)61-15-11-35(12-16-61)53(69)70)33-45(51(49)57)73-46-34-44(38-4-2-6-40(32-38)62-17-13-36(14-18-62)54(71)72)42(50(56)52(46)58)8-10-48(68)64-25-21-60(22-26-64)28-30-66/h1-10,31-36,65-66H,11-30H2,(H,69,70)(H,71,72)/b9-7+,10-8+. The molecule has 2 amide bonds. The Kier molecular flexibility index (Phi) is 18.8. The van der Waals surface area contributed by atoms with Crippen molar-refractivity contribution in [2.24, 2.45) is 11.8 Å². The van der Waals surface area contributed by atoms with Crippen LogP contribution in [0.15, 0.2) is 82.6 Å². The van der Waals surface area contributed by atoms with E-state index in [0.29, 0.717) is 149 Å². The first-order valence-corrected chi connectivity index (χ1v) is 27.0. The normalized spacial score (nSPS) is 17.8. The lowest BCUT2D eigenvalue weighted by atomic mass is 9.95. The highest BCUT2D eigenvalue weighted by Gasteiger charge is 2.28. The summed E-state index contributed by atoms with van der Waals surface area (Å²) in [6, 6.07) is 19.7. The molecule has 4 heterocycles. The van der Waals surface area contributed by atoms with Gasteiger partial charge < -0.3 is 40.0 Å². The number of aliphatic hydroxyl groups excluding tert-OH is 2. The van der Waals surface area contributed by atoms with Crippen LogP contribution < -0.4 is 9.80 Å². The SMILES string of the molecule is O=C(O)C1CCN(c2cccc(-c3cc(Sc4cc(-c5cccc(N6CCC(C(=O)O)CC6)c5)c(/C=C/C(=O)N5CCN(CCO)CC5)c(Cl)c4Cl)c(Cl)c(Cl)c3/C=C/C(=O)N3CCN(CCO)CC3)c2)CC1. The number of carbonyl (C=O) groups excluding carboxylic acids is 2. The molecule has 8 rings (SSSR count). The van der Waals surface area contributed by atoms with E-state index in [0.717, 1.165) is 22.5 Å². The number of anilines is 2. The van der Waals surface area contributed by atoms with E-state index in [9.17, 15) is 39.6 Å². The van der Waals surface area contributed by atoms with Gasteiger partial charge in [0, 0.05) is 136 Å². The molecule has 4 aliphatic heterocycles. The first-order valence-electron chi connectivity index (χ1n) is 24.7. The quantitative estimate of drug-likeness (QED) is 0.0788. The van der Waals surface area contributed by atoms with Gasteiger partial charge in [0.25, 0.3) is 0 Å². The van der Waals surface area contributed by atoms with E-state index in [4.69, 9.17) is 46.4 Å². The van der Waals surface area contributed by atoms with Crippen molar-refractivity contribution in [3.63, 3.8) is 0 Å². The van der Waals surface area contributed by atoms with E-state index in [-0.39, 0.29) is 45.1 Å². The molecule has 4 aromatic rings. The summed E-state index contributed by atoms with van der Waals surface area (Å²) >= 11 is 30.4. The zero-order valence-electron chi connectivity index (χ0n) is 40.4. The van der Waals surface area contributed by atoms with Crippen molar-refractivity contribution in [3.8, 4) is 22.3 Å². The number of piperidine rings is 2. The fourth-order valence-electron chi connectivity index (χ4n) is 10.0. The summed E-state index contributed by atoms with van der Waals surface area (Å²) in [5, 5.41) is 39.1. The maximum Gasteiger partial charge on any atom is 0.306 e. The van der Waals surface area contributed by atoms with Crippen LogP contribution in [-0.2, 0) is 19.2 Å². The fraction of sp³-hybridized carbons (Fsp3) is 0.407. The average Bonchev–Trinajstić information content (AvgIpc) is 3.41. The molecule has 14 nitrogen and oxygen atoms in total. The van der Waals surface area contributed by atoms with Crippen molar-refractivity contribution in [1.82, 2.24) is 19.6 Å². The predicted molar refractivity (Wildman–Crippen MR) is 291 cm³/mol. The highest BCUT2D eigenvalue weighted by Crippen LogP contribution is 2.49. The summed E-state index contributed by atoms with van der Waals surface area (Å²) in [5.41, 5.74) is 5.83. The number of amides is 2. The second-order valence-corrected chi connectivity index (χ2v) is 21.4. The van der Waals surface area contributed by atoms with Gasteiger partial charge in [-0.3, -0.25) is 29.0 Å². The number of rotatable bonds is 16. The lowest BCUT2D eigenvalue weighted by Gasteiger charge is -2.33. The molecule has 0 aromatic heterocycles. The maximum atomic E-state index is 13.7. The van der Waals surface area contributed by atoms with E-state index < -0.39 is 23.8 Å². The zero-order chi connectivity index (χ0) is 51.8. The van der Waals surface area contributed by atoms with Gasteiger partial charge in [0.1, 0.15) is 0 Å². The van der Waals surface area contributed by atoms with Crippen LogP contribution >= 0.6 is 58.2 Å². The summed E-state index contributed by atoms with van der Waals surface area (Å²) in [6.07, 6.45) is 8.49. The Labute approximate surface area is 450 Å². The lowest BCUT2D eigenvalue weighted by Crippen LogP contribution is -2.48. The van der Waals surface area contributed by atoms with Gasteiger partial charge in [0.05, 0.1) is 45.1 Å². The molecule has 0 aliphatic carbocycles. The van der Waals surface area contributed by atoms with Crippen molar-refractivity contribution < 1.29 is 39.6 Å². The summed E-state index contributed by atoms with van der Waals surface area (Å²) in [6.45, 7) is 8.12. The van der Waals surface area contributed by atoms with Crippen LogP contribution in [0.5, 0.6) is 0 Å². The lowest BCUT2D eigenvalue weighted by molar-refractivity contribution is -0.143. The van der Waals surface area contributed by atoms with Gasteiger partial charge in [0.15, 0.2) is 0 Å². The van der Waals surface area contributed by atoms with Crippen LogP contribution in [-0.4, -0.2) is 169 Å². The number of carboxylic acids is 2. The van der Waals surface area contributed by atoms with E-state index in [1.165, 1.54) is 23.9 Å². The maximum absolute atomic E-state index is 13.7. The van der Waals surface area contributed by atoms with Gasteiger partial charge in [-0.15, -0.1) is 0 Å². The van der Waals surface area contributed by atoms with Crippen molar-refractivity contribution in [3.05, 3.63) is 104 Å². The Hall–Kier alpha value is -4.81. The molecule has 0 atom stereocenters. The number of aliphatic carboxylic acids is 2. The van der Waals surface area contributed by atoms with Crippen LogP contribution in [0.1, 0.15) is 36.8 Å². The first kappa shape index (κ1) is 54.5. The molecule has 4 saturated heterocycles. The third kappa shape index (κ3) is 13.2. The monoisotopic (exact) mass is 1090 g/mol. The number of β-amino-alcohol motifs (C(OH)–C–C–N with tert-alkyl or cyclic N) is 2. The third-order valence-corrected chi connectivity index (χ3v) is 17.4. The molecule has 19 heteroatoms. The van der Waals surface area contributed by atoms with Crippen LogP contribution in [0.2, 0.25) is 20.1 Å². The minimum Gasteiger partial charge on any atom is -0.481 e. The minimum atomic E-state index is -0.786. The number of carbonyl (C=O) groups is 4. The van der Waals surface area contributed by atoms with Crippen molar-refractivity contribution in [2.45, 2.75) is 35.5 Å². The molecule has 0 bridgehead atoms. The molecule has 0 unspecified atom stereocenters. The second kappa shape index (κ2) is 25.1. The predicted octanol–water partition coefficient (Wildman–Crippen LogP) is 8.69. The van der Waals surface area contributed by atoms with E-state index >= 15 is 0 Å². The topological polar surface area (TPSA) is 169 Å². The highest BCUT2D eigenvalue weighted by atomic mass is 35.5. The van der Waals surface area contributed by atoms with Crippen molar-refractivity contribution in [2.75, 3.05) is 115 Å². The molecule has 4 N–H and O–H groups in total. The number of piperazine rings is 2. The second-order valence-electron chi connectivity index (χ2n) is 18.8. The largest absolute Gasteiger partial charge is 0.481 e.